The molecule has 0 aromatic heterocycles. The van der Waals surface area contributed by atoms with Crippen molar-refractivity contribution in [2.75, 3.05) is 0 Å². The molecule has 8 aromatic rings. The van der Waals surface area contributed by atoms with Crippen molar-refractivity contribution >= 4 is 78.2 Å². The van der Waals surface area contributed by atoms with Gasteiger partial charge in [0.05, 0.1) is 0 Å². The van der Waals surface area contributed by atoms with Crippen LogP contribution in [0.4, 0.5) is 0 Å². The summed E-state index contributed by atoms with van der Waals surface area (Å²) in [6.07, 6.45) is 18.3. The fourth-order valence-corrected chi connectivity index (χ4v) is 7.26. The second-order valence-electron chi connectivity index (χ2n) is 13.1. The number of aryl methyl sites for hydroxylation is 1. The average Bonchev–Trinajstić information content (AvgIpc) is 3.10. The second kappa shape index (κ2) is 12.5. The summed E-state index contributed by atoms with van der Waals surface area (Å²) in [5.74, 6) is 0. The molecule has 0 amide bonds. The maximum atomic E-state index is 2.43. The van der Waals surface area contributed by atoms with E-state index in [1.54, 1.807) is 0 Å². The van der Waals surface area contributed by atoms with Crippen LogP contribution >= 0.6 is 0 Å². The van der Waals surface area contributed by atoms with E-state index in [2.05, 4.69) is 146 Å². The van der Waals surface area contributed by atoms with E-state index < -0.39 is 0 Å². The molecule has 0 saturated heterocycles. The monoisotopic (exact) mass is 592 g/mol. The third-order valence-corrected chi connectivity index (χ3v) is 9.94. The Hall–Kier alpha value is -4.94. The zero-order valence-electron chi connectivity index (χ0n) is 26.7. The minimum Gasteiger partial charge on any atom is -0.0654 e. The normalized spacial score (nSPS) is 12.5. The number of fused-ring (bicyclic) bond motifs is 9. The van der Waals surface area contributed by atoms with Gasteiger partial charge in [-0.15, -0.1) is 0 Å². The van der Waals surface area contributed by atoms with Crippen molar-refractivity contribution in [1.82, 2.24) is 0 Å². The molecule has 0 aliphatic carbocycles. The quantitative estimate of drug-likeness (QED) is 0.103. The fraction of sp³-hybridized carbons (Fsp3) is 0.174. The first-order valence-corrected chi connectivity index (χ1v) is 17.2. The highest BCUT2D eigenvalue weighted by Gasteiger charge is 2.18. The summed E-state index contributed by atoms with van der Waals surface area (Å²) >= 11 is 0. The lowest BCUT2D eigenvalue weighted by Gasteiger charge is -2.19. The molecule has 0 heteroatoms. The molecule has 0 bridgehead atoms. The predicted octanol–water partition coefficient (Wildman–Crippen LogP) is 13.6. The SMILES string of the molecule is CCCCCCCCc1ccc(/C=C/c2cc3c(cc2/C=C/c2ccccc2)c2cc4c5cc6ccccc6cc5c4cc32)cc1. The highest BCUT2D eigenvalue weighted by molar-refractivity contribution is 6.36. The Bertz CT molecular complexity index is 2320. The summed E-state index contributed by atoms with van der Waals surface area (Å²) in [6.45, 7) is 2.28. The van der Waals surface area contributed by atoms with E-state index in [0.29, 0.717) is 0 Å². The lowest BCUT2D eigenvalue weighted by atomic mass is 9.84. The molecule has 8 aromatic carbocycles. The number of unbranched alkanes of at least 4 members (excludes halogenated alkanes) is 5. The smallest absolute Gasteiger partial charge is 0.00921 e. The zero-order valence-corrected chi connectivity index (χ0v) is 26.7. The molecule has 0 spiro atoms. The minimum absolute atomic E-state index is 1.18. The topological polar surface area (TPSA) is 0 Å². The van der Waals surface area contributed by atoms with Crippen LogP contribution in [-0.4, -0.2) is 0 Å². The molecule has 8 rings (SSSR count). The Morgan fingerprint density at radius 1 is 0.391 bits per heavy atom. The minimum atomic E-state index is 1.18. The summed E-state index contributed by atoms with van der Waals surface area (Å²) < 4.78 is 0. The molecule has 0 aliphatic heterocycles. The molecule has 0 N–H and O–H groups in total. The van der Waals surface area contributed by atoms with Gasteiger partial charge in [-0.2, -0.15) is 0 Å². The number of hydrogen-bond acceptors (Lipinski definition) is 0. The molecule has 0 fully saturated rings. The third kappa shape index (κ3) is 5.43. The highest BCUT2D eigenvalue weighted by Crippen LogP contribution is 2.45. The van der Waals surface area contributed by atoms with Crippen molar-refractivity contribution in [3.05, 3.63) is 143 Å². The highest BCUT2D eigenvalue weighted by atomic mass is 14.2. The summed E-state index contributed by atoms with van der Waals surface area (Å²) in [6, 6.07) is 42.9. The standard InChI is InChI=1S/C46H40/c1-2-3-4-5-6-8-15-33-18-20-34(21-19-33)23-25-38-29-42-41(28-37(38)24-22-32-13-9-7-10-14-32)45-30-43-39-26-35-16-11-12-17-36(35)27-40(39)44(43)31-46(42)45/h7,9-14,16-31H,2-6,8,15H2,1H3/b24-22+,25-23+. The van der Waals surface area contributed by atoms with Crippen molar-refractivity contribution in [3.8, 4) is 0 Å². The zero-order chi connectivity index (χ0) is 30.9. The molecule has 0 unspecified atom stereocenters. The van der Waals surface area contributed by atoms with E-state index in [0.717, 1.165) is 0 Å². The van der Waals surface area contributed by atoms with Crippen LogP contribution in [-0.2, 0) is 6.42 Å². The predicted molar refractivity (Wildman–Crippen MR) is 204 cm³/mol. The lowest BCUT2D eigenvalue weighted by molar-refractivity contribution is 0.607. The Morgan fingerprint density at radius 3 is 1.41 bits per heavy atom. The van der Waals surface area contributed by atoms with Crippen molar-refractivity contribution < 1.29 is 0 Å². The van der Waals surface area contributed by atoms with Crippen molar-refractivity contribution in [3.63, 3.8) is 0 Å². The van der Waals surface area contributed by atoms with Gasteiger partial charge in [-0.25, -0.2) is 0 Å². The molecule has 0 saturated carbocycles. The molecule has 0 atom stereocenters. The van der Waals surface area contributed by atoms with E-state index in [-0.39, 0.29) is 0 Å². The van der Waals surface area contributed by atoms with Gasteiger partial charge in [0.25, 0.3) is 0 Å². The Balaban J connectivity index is 1.12. The van der Waals surface area contributed by atoms with Gasteiger partial charge >= 0.3 is 0 Å². The van der Waals surface area contributed by atoms with Gasteiger partial charge < -0.3 is 0 Å². The van der Waals surface area contributed by atoms with E-state index in [4.69, 9.17) is 0 Å². The summed E-state index contributed by atoms with van der Waals surface area (Å²) in [4.78, 5) is 0. The fourth-order valence-electron chi connectivity index (χ4n) is 7.26. The van der Waals surface area contributed by atoms with Crippen LogP contribution in [0.1, 0.15) is 73.3 Å². The molecule has 46 heavy (non-hydrogen) atoms. The van der Waals surface area contributed by atoms with Crippen LogP contribution in [0, 0.1) is 0 Å². The van der Waals surface area contributed by atoms with Crippen molar-refractivity contribution in [2.24, 2.45) is 0 Å². The van der Waals surface area contributed by atoms with Crippen LogP contribution < -0.4 is 0 Å². The van der Waals surface area contributed by atoms with Crippen LogP contribution in [0.2, 0.25) is 0 Å². The van der Waals surface area contributed by atoms with E-state index >= 15 is 0 Å². The Kier molecular flexibility index (Phi) is 7.72. The maximum Gasteiger partial charge on any atom is -0.00921 e. The summed E-state index contributed by atoms with van der Waals surface area (Å²) in [5, 5.41) is 13.6. The second-order valence-corrected chi connectivity index (χ2v) is 13.1. The van der Waals surface area contributed by atoms with Gasteiger partial charge in [0, 0.05) is 0 Å². The van der Waals surface area contributed by atoms with Crippen molar-refractivity contribution in [2.45, 2.75) is 51.9 Å². The van der Waals surface area contributed by atoms with Gasteiger partial charge in [-0.1, -0.05) is 142 Å². The summed E-state index contributed by atoms with van der Waals surface area (Å²) in [7, 11) is 0. The number of rotatable bonds is 11. The van der Waals surface area contributed by atoms with Crippen LogP contribution in [0.5, 0.6) is 0 Å². The maximum absolute atomic E-state index is 2.43. The molecule has 0 nitrogen and oxygen atoms in total. The average molecular weight is 593 g/mol. The van der Waals surface area contributed by atoms with Gasteiger partial charge in [-0.3, -0.25) is 0 Å². The van der Waals surface area contributed by atoms with Crippen molar-refractivity contribution in [1.29, 1.82) is 0 Å². The first-order valence-electron chi connectivity index (χ1n) is 17.2. The molecule has 0 aliphatic rings. The molecule has 0 heterocycles. The number of hydrogen-bond donors (Lipinski definition) is 0. The van der Waals surface area contributed by atoms with Crippen LogP contribution in [0.15, 0.2) is 115 Å². The molecular weight excluding hydrogens is 553 g/mol. The molecule has 224 valence electrons. The Labute approximate surface area is 272 Å². The molecular formula is C46H40. The number of benzene rings is 6. The van der Waals surface area contributed by atoms with Gasteiger partial charge in [0.15, 0.2) is 0 Å². The first-order chi connectivity index (χ1) is 22.7. The van der Waals surface area contributed by atoms with Crippen LogP contribution in [0.25, 0.3) is 78.2 Å². The van der Waals surface area contributed by atoms with Gasteiger partial charge in [0.2, 0.25) is 0 Å². The van der Waals surface area contributed by atoms with E-state index in [1.807, 2.05) is 0 Å². The third-order valence-electron chi connectivity index (χ3n) is 9.94. The summed E-state index contributed by atoms with van der Waals surface area (Å²) in [5.41, 5.74) is 6.41. The van der Waals surface area contributed by atoms with E-state index in [9.17, 15) is 0 Å². The van der Waals surface area contributed by atoms with Gasteiger partial charge in [-0.05, 0) is 131 Å². The first kappa shape index (κ1) is 28.5. The van der Waals surface area contributed by atoms with E-state index in [1.165, 1.54) is 127 Å². The lowest BCUT2D eigenvalue weighted by Crippen LogP contribution is -1.93. The largest absolute Gasteiger partial charge is 0.0654 e. The van der Waals surface area contributed by atoms with Gasteiger partial charge in [0.1, 0.15) is 0 Å². The van der Waals surface area contributed by atoms with Crippen LogP contribution in [0.3, 0.4) is 0 Å². The molecule has 0 radical (unpaired) electrons. The Morgan fingerprint density at radius 2 is 0.848 bits per heavy atom.